The molecule has 1 saturated heterocycles. The van der Waals surface area contributed by atoms with E-state index in [0.717, 1.165) is 7.11 Å². The van der Waals surface area contributed by atoms with Gasteiger partial charge in [-0.25, -0.2) is 0 Å². The number of carboxylic acid groups (broad SMARTS) is 1. The van der Waals surface area contributed by atoms with E-state index in [4.69, 9.17) is 33.0 Å². The Labute approximate surface area is 155 Å². The van der Waals surface area contributed by atoms with Crippen molar-refractivity contribution in [2.75, 3.05) is 7.11 Å². The second kappa shape index (κ2) is 13.2. The quantitative estimate of drug-likeness (QED) is 0.348. The topological polar surface area (TPSA) is 188 Å². The molecule has 1 fully saturated rings. The molecule has 1 aliphatic rings. The molecule has 0 saturated carbocycles. The molecular weight excluding hydrogens is 396 g/mol. The van der Waals surface area contributed by atoms with Crippen molar-refractivity contribution in [3.05, 3.63) is 0 Å². The average molecular weight is 416 g/mol. The van der Waals surface area contributed by atoms with Crippen molar-refractivity contribution in [1.29, 1.82) is 0 Å². The van der Waals surface area contributed by atoms with E-state index in [1.54, 1.807) is 0 Å². The van der Waals surface area contributed by atoms with Gasteiger partial charge in [0.25, 0.3) is 17.9 Å². The molecular formula is C11H19AlN2O9Zn. The van der Waals surface area contributed by atoms with Crippen LogP contribution in [0.25, 0.3) is 0 Å². The average Bonchev–Trinajstić information content (AvgIpc) is 2.50. The molecule has 1 heterocycles. The van der Waals surface area contributed by atoms with Crippen LogP contribution in [0.3, 0.4) is 0 Å². The third kappa shape index (κ3) is 9.92. The summed E-state index contributed by atoms with van der Waals surface area (Å²) in [4.78, 5) is 44.7. The van der Waals surface area contributed by atoms with Gasteiger partial charge in [-0.2, -0.15) is 0 Å². The zero-order valence-corrected chi connectivity index (χ0v) is 17.3. The van der Waals surface area contributed by atoms with Crippen molar-refractivity contribution in [3.8, 4) is 0 Å². The largest absolute Gasteiger partial charge is 1.20 e. The summed E-state index contributed by atoms with van der Waals surface area (Å²) in [6, 6.07) is -2.19. The molecule has 2 atom stereocenters. The molecule has 0 aromatic carbocycles. The molecule has 0 aromatic heterocycles. The Morgan fingerprint density at radius 3 is 2.50 bits per heavy atom. The van der Waals surface area contributed by atoms with E-state index in [9.17, 15) is 19.2 Å². The first-order valence-corrected chi connectivity index (χ1v) is 7.99. The fraction of sp³-hybridized carbons (Fsp3) is 0.636. The molecule has 11 nitrogen and oxygen atoms in total. The first-order chi connectivity index (χ1) is 10.8. The number of carbonyl (C=O) groups is 4. The van der Waals surface area contributed by atoms with E-state index in [0.29, 0.717) is 0 Å². The van der Waals surface area contributed by atoms with Crippen LogP contribution in [-0.4, -0.2) is 68.4 Å². The van der Waals surface area contributed by atoms with Crippen LogP contribution in [0.2, 0.25) is 0 Å². The van der Waals surface area contributed by atoms with Crippen LogP contribution in [0.4, 0.5) is 0 Å². The van der Waals surface area contributed by atoms with Crippen molar-refractivity contribution in [1.82, 2.24) is 0 Å². The van der Waals surface area contributed by atoms with Crippen molar-refractivity contribution < 1.29 is 60.2 Å². The molecule has 0 spiro atoms. The van der Waals surface area contributed by atoms with Gasteiger partial charge in [0.15, 0.2) is 0 Å². The monoisotopic (exact) mass is 414 g/mol. The van der Waals surface area contributed by atoms with E-state index >= 15 is 0 Å². The number of carboxylic acids is 1. The molecule has 0 amide bonds. The maximum atomic E-state index is 11.5. The van der Waals surface area contributed by atoms with E-state index < -0.39 is 51.1 Å². The van der Waals surface area contributed by atoms with Gasteiger partial charge in [0.1, 0.15) is 12.1 Å². The van der Waals surface area contributed by atoms with Crippen molar-refractivity contribution in [2.45, 2.75) is 37.8 Å². The molecule has 24 heavy (non-hydrogen) atoms. The third-order valence-electron chi connectivity index (χ3n) is 2.61. The van der Waals surface area contributed by atoms with Gasteiger partial charge in [0, 0.05) is 39.4 Å². The molecule has 0 bridgehead atoms. The number of rotatable bonds is 5. The van der Waals surface area contributed by atoms with Gasteiger partial charge in [-0.3, -0.25) is 19.2 Å². The first kappa shape index (κ1) is 25.2. The summed E-state index contributed by atoms with van der Waals surface area (Å²) < 4.78 is 14.2. The maximum Gasteiger partial charge on any atom is 1.20 e. The number of aliphatic carboxylic acids is 1. The number of nitrogens with two attached hydrogens (primary N) is 2. The van der Waals surface area contributed by atoms with Crippen LogP contribution >= 0.6 is 0 Å². The minimum Gasteiger partial charge on any atom is -0.551 e. The molecule has 6 N–H and O–H groups in total. The van der Waals surface area contributed by atoms with Gasteiger partial charge in [0.05, 0.1) is 0 Å². The minimum atomic E-state index is -3.32. The van der Waals surface area contributed by atoms with Gasteiger partial charge in [0.2, 0.25) is 0 Å². The zero-order valence-electron chi connectivity index (χ0n) is 13.2. The number of hydrogen-bond acceptors (Lipinski definition) is 10. The van der Waals surface area contributed by atoms with E-state index in [-0.39, 0.29) is 45.2 Å². The third-order valence-corrected chi connectivity index (χ3v) is 3.94. The molecule has 0 radical (unpaired) electrons. The van der Waals surface area contributed by atoms with Crippen LogP contribution in [0.5, 0.6) is 0 Å². The smallest absolute Gasteiger partial charge is 0.551 e. The first-order valence-electron chi connectivity index (χ1n) is 6.57. The second-order valence-corrected chi connectivity index (χ2v) is 5.62. The van der Waals surface area contributed by atoms with E-state index in [1.807, 2.05) is 0 Å². The van der Waals surface area contributed by atoms with Crippen LogP contribution in [-0.2, 0) is 50.0 Å². The van der Waals surface area contributed by atoms with Crippen molar-refractivity contribution in [2.24, 2.45) is 11.5 Å². The molecule has 0 unspecified atom stereocenters. The summed E-state index contributed by atoms with van der Waals surface area (Å²) >= 11 is -3.32. The van der Waals surface area contributed by atoms with Crippen LogP contribution < -0.4 is 11.5 Å². The normalized spacial score (nSPS) is 18.3. The maximum absolute atomic E-state index is 11.5. The number of aliphatic hydroxyl groups excluding tert-OH is 1. The van der Waals surface area contributed by atoms with Gasteiger partial charge in [-0.15, -0.1) is 0 Å². The van der Waals surface area contributed by atoms with E-state index in [2.05, 4.69) is 0 Å². The molecule has 1 aliphatic heterocycles. The summed E-state index contributed by atoms with van der Waals surface area (Å²) in [6.45, 7) is 0. The number of aliphatic hydroxyl groups is 1. The van der Waals surface area contributed by atoms with E-state index in [1.165, 1.54) is 0 Å². The van der Waals surface area contributed by atoms with Crippen LogP contribution in [0.15, 0.2) is 0 Å². The van der Waals surface area contributed by atoms with Crippen LogP contribution in [0.1, 0.15) is 25.7 Å². The zero-order chi connectivity index (χ0) is 18.0. The minimum absolute atomic E-state index is 0. The van der Waals surface area contributed by atoms with Crippen molar-refractivity contribution in [3.63, 3.8) is 0 Å². The van der Waals surface area contributed by atoms with Gasteiger partial charge < -0.3 is 33.0 Å². The van der Waals surface area contributed by atoms with Crippen molar-refractivity contribution >= 4 is 39.0 Å². The standard InChI is InChI=1S/2C5H9NO4.CH4O.Al.Zn/c2*6-3(5(9)10)1-2-4(7)8;1-2;;/h2*3H,1-2,6H2,(H,7,8)(H,9,10);2H,1H3;;/q;;;+3;/p-3/t2*3-;;;/m00.../s1. The summed E-state index contributed by atoms with van der Waals surface area (Å²) in [5, 5.41) is 15.6. The molecule has 0 aliphatic carbocycles. The Hall–Kier alpha value is -1.08. The summed E-state index contributed by atoms with van der Waals surface area (Å²) in [5.74, 6) is -3.60. The Kier molecular flexibility index (Phi) is 13.9. The molecule has 13 heteroatoms. The Balaban J connectivity index is 0. The van der Waals surface area contributed by atoms with Gasteiger partial charge in [-0.05, 0) is 12.8 Å². The predicted octanol–water partition coefficient (Wildman–Crippen LogP) is -2.48. The molecule has 0 aromatic rings. The number of hydrogen-bond donors (Lipinski definition) is 4. The summed E-state index contributed by atoms with van der Waals surface area (Å²) in [5.41, 5.74) is 10.7. The fourth-order valence-electron chi connectivity index (χ4n) is 1.37. The summed E-state index contributed by atoms with van der Waals surface area (Å²) in [7, 11) is 1.00. The fourth-order valence-corrected chi connectivity index (χ4v) is 2.55. The second-order valence-electron chi connectivity index (χ2n) is 4.33. The van der Waals surface area contributed by atoms with Gasteiger partial charge >= 0.3 is 21.1 Å². The molecule has 1 rings (SSSR count). The number of carbonyl (C=O) groups excluding carboxylic acids is 3. The predicted molar refractivity (Wildman–Crippen MR) is 74.2 cm³/mol. The SMILES string of the molecule is CO.N[C@@H](CCC(=O)[O][Al]1[O]C(=O)CC[C@H](N)C(=O)[O]1)C(=O)O.[Zn]. The Morgan fingerprint density at radius 2 is 1.96 bits per heavy atom. The van der Waals surface area contributed by atoms with Gasteiger partial charge in [-0.1, -0.05) is 0 Å². The Bertz CT molecular complexity index is 451. The Morgan fingerprint density at radius 1 is 1.38 bits per heavy atom. The summed E-state index contributed by atoms with van der Waals surface area (Å²) in [6.07, 6.45) is -0.462. The van der Waals surface area contributed by atoms with Crippen LogP contribution in [0, 0.1) is 0 Å². The molecule has 132 valence electrons.